The van der Waals surface area contributed by atoms with E-state index in [2.05, 4.69) is 5.10 Å². The van der Waals surface area contributed by atoms with Crippen LogP contribution in [0, 0.1) is 0 Å². The summed E-state index contributed by atoms with van der Waals surface area (Å²) in [6.45, 7) is 0.544. The molecule has 0 spiro atoms. The molecule has 0 atom stereocenters. The van der Waals surface area contributed by atoms with Crippen molar-refractivity contribution in [2.45, 2.75) is 12.6 Å². The second-order valence-corrected chi connectivity index (χ2v) is 5.89. The first-order chi connectivity index (χ1) is 11.7. The molecule has 0 aliphatic carbocycles. The highest BCUT2D eigenvalue weighted by atomic mass is 35.5. The topological polar surface area (TPSA) is 47.4 Å². The number of carbonyl (C=O) groups is 1. The summed E-state index contributed by atoms with van der Waals surface area (Å²) in [4.78, 5) is 13.5. The van der Waals surface area contributed by atoms with Crippen molar-refractivity contribution >= 4 is 17.5 Å². The van der Waals surface area contributed by atoms with E-state index in [1.54, 1.807) is 24.3 Å². The summed E-state index contributed by atoms with van der Waals surface area (Å²) in [5.41, 5.74) is -1.64. The van der Waals surface area contributed by atoms with Gasteiger partial charge in [-0.25, -0.2) is 0 Å². The van der Waals surface area contributed by atoms with Gasteiger partial charge in [0.25, 0.3) is 5.91 Å². The lowest BCUT2D eigenvalue weighted by Crippen LogP contribution is -2.30. The van der Waals surface area contributed by atoms with E-state index in [0.29, 0.717) is 23.8 Å². The fourth-order valence-electron chi connectivity index (χ4n) is 2.21. The van der Waals surface area contributed by atoms with Crippen LogP contribution in [0.25, 0.3) is 0 Å². The van der Waals surface area contributed by atoms with Crippen molar-refractivity contribution in [3.63, 3.8) is 0 Å². The van der Waals surface area contributed by atoms with Crippen molar-refractivity contribution in [3.8, 4) is 5.75 Å². The average Bonchev–Trinajstić information content (AvgIpc) is 2.93. The minimum atomic E-state index is -4.68. The van der Waals surface area contributed by atoms with Crippen LogP contribution in [0.4, 0.5) is 13.2 Å². The number of aryl methyl sites for hydroxylation is 1. The van der Waals surface area contributed by atoms with Crippen LogP contribution in [0.2, 0.25) is 5.02 Å². The fourth-order valence-corrected chi connectivity index (χ4v) is 2.39. The average molecular weight is 376 g/mol. The van der Waals surface area contributed by atoms with Crippen molar-refractivity contribution in [3.05, 3.63) is 46.7 Å². The molecule has 0 unspecified atom stereocenters. The number of hydrogen-bond acceptors (Lipinski definition) is 3. The van der Waals surface area contributed by atoms with Gasteiger partial charge < -0.3 is 9.64 Å². The highest BCUT2D eigenvalue weighted by molar-refractivity contribution is 6.30. The molecule has 5 nitrogen and oxygen atoms in total. The van der Waals surface area contributed by atoms with Crippen LogP contribution in [0.1, 0.15) is 22.5 Å². The maximum atomic E-state index is 12.9. The Bertz CT molecular complexity index is 746. The van der Waals surface area contributed by atoms with Crippen molar-refractivity contribution in [2.75, 3.05) is 20.2 Å². The van der Waals surface area contributed by atoms with Gasteiger partial charge in [-0.1, -0.05) is 17.7 Å². The highest BCUT2D eigenvalue weighted by Crippen LogP contribution is 2.31. The summed E-state index contributed by atoms with van der Waals surface area (Å²) in [6, 6.07) is 6.86. The first-order valence-electron chi connectivity index (χ1n) is 7.43. The summed E-state index contributed by atoms with van der Waals surface area (Å²) in [6.07, 6.45) is -3.15. The molecule has 2 aromatic rings. The number of hydrogen-bond donors (Lipinski definition) is 0. The van der Waals surface area contributed by atoms with E-state index >= 15 is 0 Å². The number of halogens is 4. The lowest BCUT2D eigenvalue weighted by Gasteiger charge is -2.17. The van der Waals surface area contributed by atoms with Gasteiger partial charge in [0, 0.05) is 31.9 Å². The number of amides is 1. The Morgan fingerprint density at radius 1 is 1.40 bits per heavy atom. The van der Waals surface area contributed by atoms with Crippen LogP contribution in [0.5, 0.6) is 5.75 Å². The quantitative estimate of drug-likeness (QED) is 0.724. The molecule has 2 rings (SSSR count). The van der Waals surface area contributed by atoms with E-state index in [4.69, 9.17) is 16.3 Å². The predicted octanol–water partition coefficient (Wildman–Crippen LogP) is 3.63. The second-order valence-electron chi connectivity index (χ2n) is 5.45. The Kier molecular flexibility index (Phi) is 5.94. The number of rotatable bonds is 6. The maximum absolute atomic E-state index is 12.9. The van der Waals surface area contributed by atoms with Gasteiger partial charge in [-0.05, 0) is 24.6 Å². The third kappa shape index (κ3) is 5.12. The number of ether oxygens (including phenoxy) is 1. The zero-order chi connectivity index (χ0) is 18.6. The van der Waals surface area contributed by atoms with Gasteiger partial charge in [0.05, 0.1) is 12.2 Å². The molecule has 0 fully saturated rings. The van der Waals surface area contributed by atoms with Crippen LogP contribution in [0.15, 0.2) is 30.5 Å². The minimum absolute atomic E-state index is 0.242. The van der Waals surface area contributed by atoms with Crippen molar-refractivity contribution in [1.82, 2.24) is 14.7 Å². The normalized spacial score (nSPS) is 11.4. The fraction of sp³-hybridized carbons (Fsp3) is 0.375. The second kappa shape index (κ2) is 7.77. The molecule has 0 bridgehead atoms. The third-order valence-corrected chi connectivity index (χ3v) is 3.61. The highest BCUT2D eigenvalue weighted by Gasteiger charge is 2.39. The molecule has 0 radical (unpaired) electrons. The number of carbonyl (C=O) groups excluding carboxylic acids is 1. The molecule has 136 valence electrons. The Morgan fingerprint density at radius 3 is 2.76 bits per heavy atom. The molecule has 1 aromatic heterocycles. The summed E-state index contributed by atoms with van der Waals surface area (Å²) < 4.78 is 45.3. The molecule has 9 heteroatoms. The van der Waals surface area contributed by atoms with Gasteiger partial charge in [0.15, 0.2) is 5.69 Å². The summed E-state index contributed by atoms with van der Waals surface area (Å²) in [7, 11) is 2.78. The predicted molar refractivity (Wildman–Crippen MR) is 86.7 cm³/mol. The smallest absolute Gasteiger partial charge is 0.435 e. The molecular formula is C16H17ClF3N3O2. The van der Waals surface area contributed by atoms with Crippen molar-refractivity contribution < 1.29 is 22.7 Å². The van der Waals surface area contributed by atoms with Crippen LogP contribution in [-0.2, 0) is 13.2 Å². The lowest BCUT2D eigenvalue weighted by molar-refractivity contribution is -0.141. The Morgan fingerprint density at radius 2 is 2.12 bits per heavy atom. The molecule has 1 aromatic carbocycles. The van der Waals surface area contributed by atoms with Crippen LogP contribution >= 0.6 is 11.6 Å². The molecule has 1 heterocycles. The van der Waals surface area contributed by atoms with E-state index in [1.165, 1.54) is 19.0 Å². The van der Waals surface area contributed by atoms with Crippen molar-refractivity contribution in [1.29, 1.82) is 0 Å². The number of nitrogens with zero attached hydrogens (tertiary/aromatic N) is 3. The van der Waals surface area contributed by atoms with E-state index in [0.717, 1.165) is 10.9 Å². The Labute approximate surface area is 147 Å². The van der Waals surface area contributed by atoms with Crippen LogP contribution < -0.4 is 4.74 Å². The monoisotopic (exact) mass is 375 g/mol. The molecular weight excluding hydrogens is 359 g/mol. The molecule has 0 saturated heterocycles. The lowest BCUT2D eigenvalue weighted by atomic mass is 10.2. The molecule has 0 N–H and O–H groups in total. The van der Waals surface area contributed by atoms with E-state index in [-0.39, 0.29) is 6.54 Å². The Hall–Kier alpha value is -2.22. The largest absolute Gasteiger partial charge is 0.493 e. The first kappa shape index (κ1) is 19.1. The standard InChI is InChI=1S/C16H17ClF3N3O2/c1-22(7-4-8-25-12-6-3-5-11(17)9-12)15(24)13-10-23(2)21-14(13)16(18,19)20/h3,5-6,9-10H,4,7-8H2,1-2H3. The Balaban J connectivity index is 1.91. The summed E-state index contributed by atoms with van der Waals surface area (Å²) in [5, 5.41) is 3.88. The van der Waals surface area contributed by atoms with Crippen molar-refractivity contribution in [2.24, 2.45) is 7.05 Å². The van der Waals surface area contributed by atoms with Gasteiger partial charge >= 0.3 is 6.18 Å². The minimum Gasteiger partial charge on any atom is -0.493 e. The zero-order valence-electron chi connectivity index (χ0n) is 13.7. The van der Waals surface area contributed by atoms with Gasteiger partial charge in [-0.2, -0.15) is 18.3 Å². The third-order valence-electron chi connectivity index (χ3n) is 3.38. The van der Waals surface area contributed by atoms with E-state index < -0.39 is 23.3 Å². The number of alkyl halides is 3. The molecule has 0 aliphatic heterocycles. The zero-order valence-corrected chi connectivity index (χ0v) is 14.4. The van der Waals surface area contributed by atoms with Gasteiger partial charge in [-0.15, -0.1) is 0 Å². The molecule has 0 saturated carbocycles. The number of benzene rings is 1. The first-order valence-corrected chi connectivity index (χ1v) is 7.81. The number of aromatic nitrogens is 2. The van der Waals surface area contributed by atoms with Crippen LogP contribution in [-0.4, -0.2) is 40.8 Å². The summed E-state index contributed by atoms with van der Waals surface area (Å²) >= 11 is 5.84. The molecule has 25 heavy (non-hydrogen) atoms. The van der Waals surface area contributed by atoms with Crippen LogP contribution in [0.3, 0.4) is 0 Å². The molecule has 0 aliphatic rings. The van der Waals surface area contributed by atoms with Gasteiger partial charge in [0.1, 0.15) is 5.75 Å². The van der Waals surface area contributed by atoms with E-state index in [9.17, 15) is 18.0 Å². The molecule has 1 amide bonds. The maximum Gasteiger partial charge on any atom is 0.435 e. The SMILES string of the molecule is CN(CCCOc1cccc(Cl)c1)C(=O)c1cn(C)nc1C(F)(F)F. The summed E-state index contributed by atoms with van der Waals surface area (Å²) in [5.74, 6) is -0.142. The van der Waals surface area contributed by atoms with Gasteiger partial charge in [0.2, 0.25) is 0 Å². The van der Waals surface area contributed by atoms with Gasteiger partial charge in [-0.3, -0.25) is 9.48 Å². The van der Waals surface area contributed by atoms with E-state index in [1.807, 2.05) is 0 Å².